The Morgan fingerprint density at radius 3 is 2.47 bits per heavy atom. The molecule has 0 saturated heterocycles. The van der Waals surface area contributed by atoms with Gasteiger partial charge in [-0.05, 0) is 34.1 Å². The van der Waals surface area contributed by atoms with Crippen molar-refractivity contribution in [3.8, 4) is 0 Å². The zero-order valence-corrected chi connectivity index (χ0v) is 11.9. The van der Waals surface area contributed by atoms with Crippen molar-refractivity contribution in [2.45, 2.75) is 26.4 Å². The van der Waals surface area contributed by atoms with E-state index in [1.807, 2.05) is 30.3 Å². The summed E-state index contributed by atoms with van der Waals surface area (Å²) in [7, 11) is 1.68. The number of ether oxygens (including phenoxy) is 1. The number of benzene rings is 1. The van der Waals surface area contributed by atoms with Crippen molar-refractivity contribution in [2.75, 3.05) is 13.7 Å². The van der Waals surface area contributed by atoms with Gasteiger partial charge in [0.05, 0.1) is 12.7 Å². The standard InChI is InChI=1S/C17H22O2/c1-12-10-17(2,3)16(18)15(12)14(11-19-4)13-8-6-5-7-9-13/h5-9,16,18H,1,10-11H2,2-4H3/b15-14+. The van der Waals surface area contributed by atoms with Gasteiger partial charge in [0, 0.05) is 7.11 Å². The first kappa shape index (κ1) is 14.0. The number of methoxy groups -OCH3 is 1. The molecule has 0 heterocycles. The first-order valence-corrected chi connectivity index (χ1v) is 6.61. The number of aliphatic hydroxyl groups excluding tert-OH is 1. The maximum atomic E-state index is 10.6. The van der Waals surface area contributed by atoms with E-state index in [9.17, 15) is 5.11 Å². The van der Waals surface area contributed by atoms with Crippen LogP contribution in [-0.2, 0) is 4.74 Å². The molecule has 1 aromatic rings. The lowest BCUT2D eigenvalue weighted by atomic mass is 9.87. The molecule has 19 heavy (non-hydrogen) atoms. The van der Waals surface area contributed by atoms with Crippen LogP contribution in [0.15, 0.2) is 48.1 Å². The quantitative estimate of drug-likeness (QED) is 0.900. The molecule has 2 rings (SSSR count). The van der Waals surface area contributed by atoms with Crippen LogP contribution >= 0.6 is 0 Å². The third-order valence-electron chi connectivity index (χ3n) is 3.80. The molecule has 0 aromatic heterocycles. The smallest absolute Gasteiger partial charge is 0.0850 e. The van der Waals surface area contributed by atoms with E-state index < -0.39 is 6.10 Å². The van der Waals surface area contributed by atoms with E-state index in [-0.39, 0.29) is 5.41 Å². The molecule has 0 aliphatic heterocycles. The van der Waals surface area contributed by atoms with E-state index >= 15 is 0 Å². The Bertz CT molecular complexity index is 497. The molecule has 1 N–H and O–H groups in total. The topological polar surface area (TPSA) is 29.5 Å². The number of aliphatic hydroxyl groups is 1. The van der Waals surface area contributed by atoms with Gasteiger partial charge in [-0.25, -0.2) is 0 Å². The van der Waals surface area contributed by atoms with Crippen molar-refractivity contribution in [3.63, 3.8) is 0 Å². The fourth-order valence-corrected chi connectivity index (χ4v) is 2.80. The highest BCUT2D eigenvalue weighted by atomic mass is 16.5. The second-order valence-electron chi connectivity index (χ2n) is 5.86. The molecule has 1 unspecified atom stereocenters. The Morgan fingerprint density at radius 2 is 2.00 bits per heavy atom. The highest BCUT2D eigenvalue weighted by molar-refractivity contribution is 5.75. The summed E-state index contributed by atoms with van der Waals surface area (Å²) in [5.41, 5.74) is 3.97. The van der Waals surface area contributed by atoms with Crippen LogP contribution in [0.1, 0.15) is 25.8 Å². The summed E-state index contributed by atoms with van der Waals surface area (Å²) in [4.78, 5) is 0. The summed E-state index contributed by atoms with van der Waals surface area (Å²) in [6.07, 6.45) is 0.342. The summed E-state index contributed by atoms with van der Waals surface area (Å²) in [6, 6.07) is 10.1. The first-order valence-electron chi connectivity index (χ1n) is 6.61. The molecular formula is C17H22O2. The molecule has 2 nitrogen and oxygen atoms in total. The van der Waals surface area contributed by atoms with E-state index in [4.69, 9.17) is 4.74 Å². The molecule has 2 heteroatoms. The van der Waals surface area contributed by atoms with Crippen molar-refractivity contribution in [1.82, 2.24) is 0 Å². The van der Waals surface area contributed by atoms with Crippen LogP contribution in [0.5, 0.6) is 0 Å². The van der Waals surface area contributed by atoms with Gasteiger partial charge >= 0.3 is 0 Å². The average Bonchev–Trinajstić information content (AvgIpc) is 2.57. The molecule has 1 aliphatic rings. The second kappa shape index (κ2) is 5.32. The van der Waals surface area contributed by atoms with Crippen molar-refractivity contribution >= 4 is 5.57 Å². The third-order valence-corrected chi connectivity index (χ3v) is 3.80. The van der Waals surface area contributed by atoms with Crippen molar-refractivity contribution in [3.05, 3.63) is 53.6 Å². The minimum Gasteiger partial charge on any atom is -0.388 e. The zero-order valence-electron chi connectivity index (χ0n) is 11.9. The Kier molecular flexibility index (Phi) is 3.93. The number of rotatable bonds is 3. The predicted molar refractivity (Wildman–Crippen MR) is 78.8 cm³/mol. The van der Waals surface area contributed by atoms with Gasteiger partial charge in [-0.15, -0.1) is 0 Å². The van der Waals surface area contributed by atoms with Gasteiger partial charge < -0.3 is 9.84 Å². The van der Waals surface area contributed by atoms with Gasteiger partial charge in [0.15, 0.2) is 0 Å². The minimum absolute atomic E-state index is 0.153. The maximum absolute atomic E-state index is 10.6. The van der Waals surface area contributed by atoms with Gasteiger partial charge in [-0.3, -0.25) is 0 Å². The van der Waals surface area contributed by atoms with Crippen LogP contribution in [0.2, 0.25) is 0 Å². The Hall–Kier alpha value is -1.38. The van der Waals surface area contributed by atoms with E-state index in [0.717, 1.165) is 28.7 Å². The lowest BCUT2D eigenvalue weighted by Gasteiger charge is -2.23. The van der Waals surface area contributed by atoms with Crippen molar-refractivity contribution in [1.29, 1.82) is 0 Å². The Balaban J connectivity index is 2.54. The molecule has 1 saturated carbocycles. The highest BCUT2D eigenvalue weighted by Gasteiger charge is 2.40. The van der Waals surface area contributed by atoms with Gasteiger partial charge in [-0.1, -0.05) is 50.8 Å². The van der Waals surface area contributed by atoms with E-state index in [1.54, 1.807) is 7.11 Å². The summed E-state index contributed by atoms with van der Waals surface area (Å²) >= 11 is 0. The fourth-order valence-electron chi connectivity index (χ4n) is 2.80. The SMILES string of the molecule is C=C1CC(C)(C)C(O)/C1=C(\COC)c1ccccc1. The second-order valence-corrected chi connectivity index (χ2v) is 5.86. The largest absolute Gasteiger partial charge is 0.388 e. The van der Waals surface area contributed by atoms with Crippen LogP contribution < -0.4 is 0 Å². The van der Waals surface area contributed by atoms with E-state index in [0.29, 0.717) is 6.61 Å². The molecular weight excluding hydrogens is 236 g/mol. The molecule has 1 atom stereocenters. The Morgan fingerprint density at radius 1 is 1.37 bits per heavy atom. The molecule has 102 valence electrons. The number of hydrogen-bond acceptors (Lipinski definition) is 2. The predicted octanol–water partition coefficient (Wildman–Crippen LogP) is 3.43. The Labute approximate surface area is 115 Å². The molecule has 1 aromatic carbocycles. The van der Waals surface area contributed by atoms with Crippen molar-refractivity contribution in [2.24, 2.45) is 5.41 Å². The van der Waals surface area contributed by atoms with Crippen LogP contribution in [0.4, 0.5) is 0 Å². The fraction of sp³-hybridized carbons (Fsp3) is 0.412. The number of hydrogen-bond donors (Lipinski definition) is 1. The average molecular weight is 258 g/mol. The van der Waals surface area contributed by atoms with Crippen molar-refractivity contribution < 1.29 is 9.84 Å². The van der Waals surface area contributed by atoms with Gasteiger partial charge in [0.1, 0.15) is 0 Å². The summed E-state index contributed by atoms with van der Waals surface area (Å²) in [6.45, 7) is 8.78. The monoisotopic (exact) mass is 258 g/mol. The van der Waals surface area contributed by atoms with Gasteiger partial charge in [-0.2, -0.15) is 0 Å². The summed E-state index contributed by atoms with van der Waals surface area (Å²) in [5.74, 6) is 0. The summed E-state index contributed by atoms with van der Waals surface area (Å²) < 4.78 is 5.33. The lowest BCUT2D eigenvalue weighted by molar-refractivity contribution is 0.104. The molecule has 0 spiro atoms. The maximum Gasteiger partial charge on any atom is 0.0850 e. The van der Waals surface area contributed by atoms with Crippen LogP contribution in [0.25, 0.3) is 5.57 Å². The molecule has 0 amide bonds. The van der Waals surface area contributed by atoms with Gasteiger partial charge in [0.25, 0.3) is 0 Å². The molecule has 1 aliphatic carbocycles. The van der Waals surface area contributed by atoms with E-state index in [1.165, 1.54) is 0 Å². The van der Waals surface area contributed by atoms with Crippen LogP contribution in [-0.4, -0.2) is 24.9 Å². The third kappa shape index (κ3) is 2.65. The normalized spacial score (nSPS) is 24.6. The van der Waals surface area contributed by atoms with E-state index in [2.05, 4.69) is 20.4 Å². The van der Waals surface area contributed by atoms with Crippen LogP contribution in [0.3, 0.4) is 0 Å². The van der Waals surface area contributed by atoms with Crippen LogP contribution in [0, 0.1) is 5.41 Å². The molecule has 1 fully saturated rings. The minimum atomic E-state index is -0.481. The molecule has 0 bridgehead atoms. The lowest BCUT2D eigenvalue weighted by Crippen LogP contribution is -2.24. The zero-order chi connectivity index (χ0) is 14.0. The highest BCUT2D eigenvalue weighted by Crippen LogP contribution is 2.46. The summed E-state index contributed by atoms with van der Waals surface area (Å²) in [5, 5.41) is 10.6. The first-order chi connectivity index (χ1) is 8.97. The van der Waals surface area contributed by atoms with Gasteiger partial charge in [0.2, 0.25) is 0 Å². The molecule has 0 radical (unpaired) electrons.